The first kappa shape index (κ1) is 9.95. The van der Waals surface area contributed by atoms with E-state index in [1.165, 1.54) is 0 Å². The van der Waals surface area contributed by atoms with Crippen molar-refractivity contribution < 1.29 is 17.6 Å². The molecule has 0 unspecified atom stereocenters. The number of hydrogen-bond donors (Lipinski definition) is 1. The predicted molar refractivity (Wildman–Crippen MR) is 44.6 cm³/mol. The molecule has 6 heteroatoms. The second-order valence-electron chi connectivity index (χ2n) is 3.10. The fourth-order valence-electron chi connectivity index (χ4n) is 1.44. The van der Waals surface area contributed by atoms with E-state index in [1.54, 1.807) is 0 Å². The molecule has 2 rings (SSSR count). The summed E-state index contributed by atoms with van der Waals surface area (Å²) in [6, 6.07) is 0.976. The molecule has 0 saturated carbocycles. The Kier molecular flexibility index (Phi) is 1.95. The van der Waals surface area contributed by atoms with E-state index in [4.69, 9.17) is 0 Å². The highest BCUT2D eigenvalue weighted by Gasteiger charge is 2.36. The Morgan fingerprint density at radius 2 is 2.07 bits per heavy atom. The first-order chi connectivity index (χ1) is 6.91. The van der Waals surface area contributed by atoms with Crippen LogP contribution in [-0.2, 0) is 6.18 Å². The zero-order valence-electron chi connectivity index (χ0n) is 7.54. The molecule has 0 aliphatic carbocycles. The molecule has 15 heavy (non-hydrogen) atoms. The lowest BCUT2D eigenvalue weighted by molar-refractivity contribution is -0.137. The lowest BCUT2D eigenvalue weighted by atomic mass is 10.1. The molecule has 1 aromatic heterocycles. The zero-order valence-corrected chi connectivity index (χ0v) is 7.54. The molecule has 0 fully saturated rings. The van der Waals surface area contributed by atoms with E-state index in [1.807, 2.05) is 0 Å². The number of imidazole rings is 1. The number of rotatable bonds is 0. The van der Waals surface area contributed by atoms with Crippen LogP contribution in [0, 0.1) is 19.1 Å². The van der Waals surface area contributed by atoms with Crippen molar-refractivity contribution >= 4 is 11.0 Å². The molecule has 1 aromatic carbocycles. The average Bonchev–Trinajstić information content (AvgIpc) is 2.50. The number of aromatic nitrogens is 2. The van der Waals surface area contributed by atoms with Crippen LogP contribution in [0.1, 0.15) is 11.1 Å². The molecule has 0 spiro atoms. The van der Waals surface area contributed by atoms with Crippen LogP contribution >= 0.6 is 0 Å². The molecule has 1 radical (unpaired) electrons. The molecule has 2 nitrogen and oxygen atoms in total. The summed E-state index contributed by atoms with van der Waals surface area (Å²) in [5, 5.41) is 0. The van der Waals surface area contributed by atoms with Crippen LogP contribution in [0.25, 0.3) is 11.0 Å². The van der Waals surface area contributed by atoms with Gasteiger partial charge in [-0.15, -0.1) is 0 Å². The lowest BCUT2D eigenvalue weighted by Crippen LogP contribution is -2.10. The Hall–Kier alpha value is -1.59. The van der Waals surface area contributed by atoms with Gasteiger partial charge in [-0.1, -0.05) is 0 Å². The average molecular weight is 217 g/mol. The number of aromatic amines is 1. The third kappa shape index (κ3) is 1.45. The minimum absolute atomic E-state index is 0.00887. The third-order valence-electron chi connectivity index (χ3n) is 2.14. The Morgan fingerprint density at radius 3 is 2.67 bits per heavy atom. The standard InChI is InChI=1S/C9H5F4N2/c1-4-5(10)2-6-8(15-3-14-6)7(4)9(11,12)13/h2H,1H3,(H,14,15). The van der Waals surface area contributed by atoms with Crippen molar-refractivity contribution in [1.29, 1.82) is 0 Å². The molecule has 0 aliphatic heterocycles. The van der Waals surface area contributed by atoms with E-state index >= 15 is 0 Å². The molecule has 0 atom stereocenters. The van der Waals surface area contributed by atoms with Crippen molar-refractivity contribution in [3.8, 4) is 0 Å². The van der Waals surface area contributed by atoms with Gasteiger partial charge < -0.3 is 4.98 Å². The number of H-pyrrole nitrogens is 1. The summed E-state index contributed by atoms with van der Waals surface area (Å²) >= 11 is 0. The van der Waals surface area contributed by atoms with Gasteiger partial charge in [-0.2, -0.15) is 13.2 Å². The topological polar surface area (TPSA) is 28.7 Å². The summed E-state index contributed by atoms with van der Waals surface area (Å²) in [6.07, 6.45) is -2.45. The van der Waals surface area contributed by atoms with E-state index in [0.29, 0.717) is 0 Å². The van der Waals surface area contributed by atoms with E-state index in [9.17, 15) is 17.6 Å². The number of nitrogens with one attached hydrogen (secondary N) is 1. The Morgan fingerprint density at radius 1 is 1.40 bits per heavy atom. The van der Waals surface area contributed by atoms with Gasteiger partial charge in [-0.05, 0) is 18.6 Å². The second kappa shape index (κ2) is 2.95. The van der Waals surface area contributed by atoms with Gasteiger partial charge in [0.25, 0.3) is 0 Å². The fraction of sp³-hybridized carbons (Fsp3) is 0.222. The maximum absolute atomic E-state index is 13.2. The molecular weight excluding hydrogens is 212 g/mol. The fourth-order valence-corrected chi connectivity index (χ4v) is 1.44. The molecule has 1 heterocycles. The van der Waals surface area contributed by atoms with Crippen LogP contribution in [-0.4, -0.2) is 9.97 Å². The van der Waals surface area contributed by atoms with Crippen molar-refractivity contribution in [2.24, 2.45) is 0 Å². The monoisotopic (exact) mass is 217 g/mol. The van der Waals surface area contributed by atoms with Crippen LogP contribution in [0.2, 0.25) is 0 Å². The van der Waals surface area contributed by atoms with Gasteiger partial charge in [0, 0.05) is 0 Å². The quantitative estimate of drug-likeness (QED) is 0.675. The van der Waals surface area contributed by atoms with E-state index in [0.717, 1.165) is 13.0 Å². The summed E-state index contributed by atoms with van der Waals surface area (Å²) in [5.74, 6) is -0.910. The summed E-state index contributed by atoms with van der Waals surface area (Å²) in [6.45, 7) is 1.08. The minimum Gasteiger partial charge on any atom is -0.335 e. The van der Waals surface area contributed by atoms with Crippen molar-refractivity contribution in [3.63, 3.8) is 0 Å². The smallest absolute Gasteiger partial charge is 0.335 e. The highest BCUT2D eigenvalue weighted by Crippen LogP contribution is 2.36. The van der Waals surface area contributed by atoms with E-state index in [2.05, 4.69) is 16.3 Å². The largest absolute Gasteiger partial charge is 0.418 e. The van der Waals surface area contributed by atoms with Crippen molar-refractivity contribution in [2.45, 2.75) is 13.1 Å². The summed E-state index contributed by atoms with van der Waals surface area (Å²) in [5.41, 5.74) is -1.81. The highest BCUT2D eigenvalue weighted by molar-refractivity contribution is 5.80. The van der Waals surface area contributed by atoms with Gasteiger partial charge in [0.15, 0.2) is 6.33 Å². The lowest BCUT2D eigenvalue weighted by Gasteiger charge is -2.11. The molecule has 0 aliphatic rings. The normalized spacial score (nSPS) is 12.3. The number of fused-ring (bicyclic) bond motifs is 1. The van der Waals surface area contributed by atoms with Crippen molar-refractivity contribution in [2.75, 3.05) is 0 Å². The Labute approximate surface area is 81.9 Å². The number of alkyl halides is 3. The second-order valence-corrected chi connectivity index (χ2v) is 3.10. The van der Waals surface area contributed by atoms with Gasteiger partial charge in [-0.3, -0.25) is 0 Å². The first-order valence-corrected chi connectivity index (χ1v) is 4.03. The number of halogens is 4. The summed E-state index contributed by atoms with van der Waals surface area (Å²) in [7, 11) is 0. The van der Waals surface area contributed by atoms with E-state index < -0.39 is 23.1 Å². The molecule has 1 N–H and O–H groups in total. The molecule has 2 aromatic rings. The maximum Gasteiger partial charge on any atom is 0.418 e. The molecule has 0 saturated heterocycles. The van der Waals surface area contributed by atoms with E-state index in [-0.39, 0.29) is 11.0 Å². The SMILES string of the molecule is Cc1c(F)cc2[nH][c]nc2c1C(F)(F)F. The molecule has 0 amide bonds. The van der Waals surface area contributed by atoms with Crippen molar-refractivity contribution in [1.82, 2.24) is 9.97 Å². The van der Waals surface area contributed by atoms with Crippen LogP contribution < -0.4 is 0 Å². The van der Waals surface area contributed by atoms with Crippen LogP contribution in [0.15, 0.2) is 6.07 Å². The number of hydrogen-bond acceptors (Lipinski definition) is 1. The Bertz CT molecular complexity index is 513. The minimum atomic E-state index is -4.62. The maximum atomic E-state index is 13.2. The van der Waals surface area contributed by atoms with Crippen LogP contribution in [0.3, 0.4) is 0 Å². The Balaban J connectivity index is 2.90. The van der Waals surface area contributed by atoms with Gasteiger partial charge in [0.05, 0.1) is 11.1 Å². The number of benzene rings is 1. The summed E-state index contributed by atoms with van der Waals surface area (Å²) in [4.78, 5) is 5.74. The molecule has 0 bridgehead atoms. The van der Waals surface area contributed by atoms with Crippen molar-refractivity contribution in [3.05, 3.63) is 29.3 Å². The van der Waals surface area contributed by atoms with Crippen LogP contribution in [0.5, 0.6) is 0 Å². The van der Waals surface area contributed by atoms with Gasteiger partial charge in [-0.25, -0.2) is 9.37 Å². The first-order valence-electron chi connectivity index (χ1n) is 4.03. The summed E-state index contributed by atoms with van der Waals surface area (Å²) < 4.78 is 51.0. The molecular formula is C9H5F4N2. The van der Waals surface area contributed by atoms with Crippen LogP contribution in [0.4, 0.5) is 17.6 Å². The molecule has 79 valence electrons. The van der Waals surface area contributed by atoms with Gasteiger partial charge in [0.2, 0.25) is 0 Å². The van der Waals surface area contributed by atoms with Gasteiger partial charge in [0.1, 0.15) is 11.3 Å². The van der Waals surface area contributed by atoms with Gasteiger partial charge >= 0.3 is 6.18 Å². The zero-order chi connectivity index (χ0) is 11.2. The highest BCUT2D eigenvalue weighted by atomic mass is 19.4. The predicted octanol–water partition coefficient (Wildman–Crippen LogP) is 2.83. The number of nitrogens with zero attached hydrogens (tertiary/aromatic N) is 1. The third-order valence-corrected chi connectivity index (χ3v) is 2.14.